The van der Waals surface area contributed by atoms with Gasteiger partial charge in [-0.3, -0.25) is 9.78 Å². The summed E-state index contributed by atoms with van der Waals surface area (Å²) in [6.45, 7) is 0. The summed E-state index contributed by atoms with van der Waals surface area (Å²) >= 11 is 5.55. The summed E-state index contributed by atoms with van der Waals surface area (Å²) in [5.74, 6) is -1.76. The molecule has 96 valence electrons. The number of aromatic carboxylic acids is 1. The third-order valence-electron chi connectivity index (χ3n) is 2.16. The van der Waals surface area contributed by atoms with Crippen molar-refractivity contribution in [2.75, 3.05) is 5.32 Å². The van der Waals surface area contributed by atoms with Crippen molar-refractivity contribution in [2.45, 2.75) is 0 Å². The largest absolute Gasteiger partial charge is 0.478 e. The minimum absolute atomic E-state index is 0.0181. The van der Waals surface area contributed by atoms with Crippen LogP contribution in [0.3, 0.4) is 0 Å². The number of carboxylic acid groups (broad SMARTS) is 1. The van der Waals surface area contributed by atoms with Gasteiger partial charge in [0.1, 0.15) is 0 Å². The Kier molecular flexibility index (Phi) is 3.67. The molecule has 0 aliphatic heterocycles. The van der Waals surface area contributed by atoms with Gasteiger partial charge in [-0.2, -0.15) is 0 Å². The monoisotopic (exact) mass is 278 g/mol. The zero-order chi connectivity index (χ0) is 13.8. The minimum atomic E-state index is -1.17. The topological polar surface area (TPSA) is 105 Å². The highest BCUT2D eigenvalue weighted by Gasteiger charge is 2.14. The van der Waals surface area contributed by atoms with E-state index in [1.54, 1.807) is 0 Å². The Hall–Kier alpha value is -2.54. The van der Waals surface area contributed by atoms with E-state index in [0.29, 0.717) is 0 Å². The predicted octanol–water partition coefficient (Wildman–Crippen LogP) is 1.48. The smallest absolute Gasteiger partial charge is 0.337 e. The van der Waals surface area contributed by atoms with E-state index in [2.05, 4.69) is 20.5 Å². The number of amides is 1. The van der Waals surface area contributed by atoms with Gasteiger partial charge < -0.3 is 10.4 Å². The fraction of sp³-hybridized carbons (Fsp3) is 0. The van der Waals surface area contributed by atoms with Gasteiger partial charge in [-0.25, -0.2) is 4.79 Å². The van der Waals surface area contributed by atoms with Gasteiger partial charge >= 0.3 is 5.97 Å². The van der Waals surface area contributed by atoms with Crippen LogP contribution in [0.15, 0.2) is 30.6 Å². The molecule has 0 radical (unpaired) electrons. The van der Waals surface area contributed by atoms with E-state index in [1.807, 2.05) is 0 Å². The van der Waals surface area contributed by atoms with Crippen molar-refractivity contribution in [3.63, 3.8) is 0 Å². The van der Waals surface area contributed by atoms with E-state index in [9.17, 15) is 9.59 Å². The Morgan fingerprint density at radius 1 is 1.21 bits per heavy atom. The molecule has 0 spiro atoms. The van der Waals surface area contributed by atoms with Crippen LogP contribution in [0.5, 0.6) is 0 Å². The normalized spacial score (nSPS) is 9.95. The molecule has 0 bridgehead atoms. The molecule has 2 rings (SSSR count). The molecule has 2 aromatic heterocycles. The summed E-state index contributed by atoms with van der Waals surface area (Å²) in [6, 6.07) is 4.07. The summed E-state index contributed by atoms with van der Waals surface area (Å²) in [7, 11) is 0. The van der Waals surface area contributed by atoms with Gasteiger partial charge in [-0.05, 0) is 18.2 Å². The lowest BCUT2D eigenvalue weighted by molar-refractivity contribution is 0.0698. The average molecular weight is 279 g/mol. The van der Waals surface area contributed by atoms with Crippen LogP contribution in [-0.2, 0) is 0 Å². The van der Waals surface area contributed by atoms with Crippen LogP contribution in [0.25, 0.3) is 0 Å². The van der Waals surface area contributed by atoms with Crippen molar-refractivity contribution in [1.82, 2.24) is 15.2 Å². The van der Waals surface area contributed by atoms with Gasteiger partial charge in [0.05, 0.1) is 17.4 Å². The molecule has 19 heavy (non-hydrogen) atoms. The molecule has 0 saturated heterocycles. The summed E-state index contributed by atoms with van der Waals surface area (Å²) < 4.78 is 0. The quantitative estimate of drug-likeness (QED) is 0.881. The second-order valence-electron chi connectivity index (χ2n) is 3.42. The Morgan fingerprint density at radius 2 is 2.00 bits per heavy atom. The highest BCUT2D eigenvalue weighted by Crippen LogP contribution is 2.14. The zero-order valence-corrected chi connectivity index (χ0v) is 10.1. The first-order chi connectivity index (χ1) is 9.08. The van der Waals surface area contributed by atoms with Gasteiger partial charge in [0.2, 0.25) is 0 Å². The Balaban J connectivity index is 2.24. The third-order valence-corrected chi connectivity index (χ3v) is 2.37. The maximum atomic E-state index is 11.8. The molecule has 7 nitrogen and oxygen atoms in total. The van der Waals surface area contributed by atoms with Crippen LogP contribution < -0.4 is 5.32 Å². The van der Waals surface area contributed by atoms with Crippen molar-refractivity contribution in [3.05, 3.63) is 47.0 Å². The number of nitrogens with zero attached hydrogens (tertiary/aromatic N) is 3. The van der Waals surface area contributed by atoms with Gasteiger partial charge in [-0.1, -0.05) is 11.6 Å². The number of nitrogens with one attached hydrogen (secondary N) is 1. The van der Waals surface area contributed by atoms with E-state index < -0.39 is 11.9 Å². The molecule has 0 aliphatic rings. The number of halogens is 1. The van der Waals surface area contributed by atoms with Crippen LogP contribution >= 0.6 is 11.6 Å². The Labute approximate surface area is 112 Å². The maximum Gasteiger partial charge on any atom is 0.337 e. The number of pyridine rings is 1. The van der Waals surface area contributed by atoms with E-state index >= 15 is 0 Å². The lowest BCUT2D eigenvalue weighted by Crippen LogP contribution is -2.16. The van der Waals surface area contributed by atoms with Crippen molar-refractivity contribution < 1.29 is 14.7 Å². The summed E-state index contributed by atoms with van der Waals surface area (Å²) in [4.78, 5) is 26.5. The fourth-order valence-electron chi connectivity index (χ4n) is 1.30. The van der Waals surface area contributed by atoms with Crippen molar-refractivity contribution in [2.24, 2.45) is 0 Å². The van der Waals surface area contributed by atoms with Crippen LogP contribution in [0, 0.1) is 0 Å². The summed E-state index contributed by atoms with van der Waals surface area (Å²) in [6.07, 6.45) is 2.56. The highest BCUT2D eigenvalue weighted by molar-refractivity contribution is 6.29. The van der Waals surface area contributed by atoms with Crippen molar-refractivity contribution in [3.8, 4) is 0 Å². The lowest BCUT2D eigenvalue weighted by atomic mass is 10.2. The molecule has 1 amide bonds. The standard InChI is InChI=1S/C11H7ClN4O3/c12-9-2-1-7(15-16-9)10(17)14-8-5-13-4-3-6(8)11(18)19/h1-5H,(H,14,17)(H,18,19). The molecule has 0 atom stereocenters. The van der Waals surface area contributed by atoms with Gasteiger partial charge in [0.25, 0.3) is 5.91 Å². The molecular formula is C11H7ClN4O3. The molecule has 2 N–H and O–H groups in total. The number of carboxylic acids is 1. The molecule has 0 saturated carbocycles. The number of rotatable bonds is 3. The van der Waals surface area contributed by atoms with Crippen LogP contribution in [0.4, 0.5) is 5.69 Å². The van der Waals surface area contributed by atoms with E-state index in [0.717, 1.165) is 0 Å². The first kappa shape index (κ1) is 12.9. The number of anilines is 1. The highest BCUT2D eigenvalue weighted by atomic mass is 35.5. The molecule has 2 heterocycles. The second-order valence-corrected chi connectivity index (χ2v) is 3.81. The van der Waals surface area contributed by atoms with Crippen molar-refractivity contribution in [1.29, 1.82) is 0 Å². The van der Waals surface area contributed by atoms with Gasteiger partial charge in [0.15, 0.2) is 10.8 Å². The molecule has 8 heteroatoms. The van der Waals surface area contributed by atoms with Gasteiger partial charge in [-0.15, -0.1) is 10.2 Å². The summed E-state index contributed by atoms with van der Waals surface area (Å²) in [5, 5.41) is 18.6. The average Bonchev–Trinajstić information content (AvgIpc) is 2.39. The maximum absolute atomic E-state index is 11.8. The molecular weight excluding hydrogens is 272 g/mol. The van der Waals surface area contributed by atoms with Gasteiger partial charge in [0, 0.05) is 6.20 Å². The zero-order valence-electron chi connectivity index (χ0n) is 9.37. The molecule has 0 aliphatic carbocycles. The molecule has 0 aromatic carbocycles. The Bertz CT molecular complexity index is 630. The van der Waals surface area contributed by atoms with Crippen molar-refractivity contribution >= 4 is 29.2 Å². The second kappa shape index (κ2) is 5.40. The van der Waals surface area contributed by atoms with Crippen LogP contribution in [0.1, 0.15) is 20.8 Å². The first-order valence-corrected chi connectivity index (χ1v) is 5.43. The number of aromatic nitrogens is 3. The number of carbonyl (C=O) groups is 2. The lowest BCUT2D eigenvalue weighted by Gasteiger charge is -2.06. The minimum Gasteiger partial charge on any atom is -0.478 e. The van der Waals surface area contributed by atoms with E-state index in [1.165, 1.54) is 30.6 Å². The SMILES string of the molecule is O=C(Nc1cnccc1C(=O)O)c1ccc(Cl)nn1. The Morgan fingerprint density at radius 3 is 2.63 bits per heavy atom. The number of hydrogen-bond donors (Lipinski definition) is 2. The molecule has 0 fully saturated rings. The fourth-order valence-corrected chi connectivity index (χ4v) is 1.40. The first-order valence-electron chi connectivity index (χ1n) is 5.06. The predicted molar refractivity (Wildman–Crippen MR) is 66.2 cm³/mol. The van der Waals surface area contributed by atoms with Crippen LogP contribution in [0.2, 0.25) is 5.15 Å². The van der Waals surface area contributed by atoms with Crippen LogP contribution in [-0.4, -0.2) is 32.2 Å². The molecule has 0 unspecified atom stereocenters. The third kappa shape index (κ3) is 3.02. The number of carbonyl (C=O) groups excluding carboxylic acids is 1. The van der Waals surface area contributed by atoms with E-state index in [-0.39, 0.29) is 22.1 Å². The van der Waals surface area contributed by atoms with E-state index in [4.69, 9.17) is 16.7 Å². The molecule has 2 aromatic rings. The number of hydrogen-bond acceptors (Lipinski definition) is 5. The summed E-state index contributed by atoms with van der Waals surface area (Å²) in [5.41, 5.74) is 0.0339.